The van der Waals surface area contributed by atoms with Gasteiger partial charge in [-0.25, -0.2) is 4.90 Å². The maximum absolute atomic E-state index is 12.9. The second-order valence-corrected chi connectivity index (χ2v) is 7.60. The van der Waals surface area contributed by atoms with Crippen molar-refractivity contribution in [3.05, 3.63) is 29.8 Å². The molecule has 2 heterocycles. The van der Waals surface area contributed by atoms with Crippen LogP contribution in [0.25, 0.3) is 0 Å². The maximum Gasteiger partial charge on any atom is 0.309 e. The molecule has 1 atom stereocenters. The summed E-state index contributed by atoms with van der Waals surface area (Å²) in [6.07, 6.45) is 1.54. The highest BCUT2D eigenvalue weighted by Gasteiger charge is 2.44. The van der Waals surface area contributed by atoms with Crippen LogP contribution in [0.3, 0.4) is 0 Å². The van der Waals surface area contributed by atoms with E-state index in [1.165, 1.54) is 10.5 Å². The van der Waals surface area contributed by atoms with Gasteiger partial charge in [-0.05, 0) is 56.5 Å². The molecule has 6 heteroatoms. The number of hydrogen-bond acceptors (Lipinski definition) is 5. The first kappa shape index (κ1) is 19.5. The van der Waals surface area contributed by atoms with Gasteiger partial charge in [0.1, 0.15) is 0 Å². The van der Waals surface area contributed by atoms with Crippen LogP contribution in [0.15, 0.2) is 24.3 Å². The normalized spacial score (nSPS) is 21.9. The molecular weight excluding hydrogens is 344 g/mol. The Morgan fingerprint density at radius 2 is 1.78 bits per heavy atom. The lowest BCUT2D eigenvalue weighted by Crippen LogP contribution is -2.47. The second kappa shape index (κ2) is 8.21. The highest BCUT2D eigenvalue weighted by atomic mass is 16.5. The number of ether oxygens (including phenoxy) is 1. The van der Waals surface area contributed by atoms with Crippen molar-refractivity contribution in [2.24, 2.45) is 5.92 Å². The van der Waals surface area contributed by atoms with E-state index < -0.39 is 6.04 Å². The van der Waals surface area contributed by atoms with Crippen LogP contribution in [-0.2, 0) is 19.1 Å². The number of anilines is 1. The fourth-order valence-corrected chi connectivity index (χ4v) is 3.89. The largest absolute Gasteiger partial charge is 0.466 e. The van der Waals surface area contributed by atoms with Crippen LogP contribution in [0.1, 0.15) is 51.5 Å². The lowest BCUT2D eigenvalue weighted by molar-refractivity contribution is -0.149. The molecule has 6 nitrogen and oxygen atoms in total. The third kappa shape index (κ3) is 4.05. The summed E-state index contributed by atoms with van der Waals surface area (Å²) >= 11 is 0. The smallest absolute Gasteiger partial charge is 0.309 e. The topological polar surface area (TPSA) is 66.9 Å². The van der Waals surface area contributed by atoms with Crippen LogP contribution in [0, 0.1) is 5.92 Å². The lowest BCUT2D eigenvalue weighted by Gasteiger charge is -2.33. The first-order chi connectivity index (χ1) is 12.9. The number of imide groups is 1. The van der Waals surface area contributed by atoms with Gasteiger partial charge in [-0.1, -0.05) is 26.0 Å². The molecule has 2 amide bonds. The Kier molecular flexibility index (Phi) is 5.95. The van der Waals surface area contributed by atoms with Gasteiger partial charge in [-0.2, -0.15) is 0 Å². The minimum absolute atomic E-state index is 0.104. The Balaban J connectivity index is 1.65. The molecule has 2 fully saturated rings. The number of carbonyl (C=O) groups is 3. The van der Waals surface area contributed by atoms with Crippen LogP contribution >= 0.6 is 0 Å². The predicted octanol–water partition coefficient (Wildman–Crippen LogP) is 2.72. The quantitative estimate of drug-likeness (QED) is 0.587. The summed E-state index contributed by atoms with van der Waals surface area (Å²) in [5, 5.41) is 0. The number of piperidine rings is 1. The van der Waals surface area contributed by atoms with Crippen molar-refractivity contribution in [3.63, 3.8) is 0 Å². The Hall–Kier alpha value is -2.21. The van der Waals surface area contributed by atoms with E-state index in [0.717, 1.165) is 0 Å². The highest BCUT2D eigenvalue weighted by Crippen LogP contribution is 2.29. The molecule has 3 rings (SSSR count). The second-order valence-electron chi connectivity index (χ2n) is 7.60. The summed E-state index contributed by atoms with van der Waals surface area (Å²) in [7, 11) is 0. The SMILES string of the molecule is CCOC(=O)C1CCN(C2CC(=O)N(c3ccc(C(C)C)cc3)C2=O)CC1. The van der Waals surface area contributed by atoms with Crippen LogP contribution in [0.2, 0.25) is 0 Å². The van der Waals surface area contributed by atoms with Crippen molar-refractivity contribution in [3.8, 4) is 0 Å². The highest BCUT2D eigenvalue weighted by molar-refractivity contribution is 6.22. The van der Waals surface area contributed by atoms with Gasteiger partial charge in [0.05, 0.1) is 30.7 Å². The molecule has 1 aromatic rings. The molecule has 0 bridgehead atoms. The molecule has 1 unspecified atom stereocenters. The fraction of sp³-hybridized carbons (Fsp3) is 0.571. The first-order valence-corrected chi connectivity index (χ1v) is 9.79. The number of esters is 1. The minimum Gasteiger partial charge on any atom is -0.466 e. The molecule has 2 saturated heterocycles. The number of benzene rings is 1. The van der Waals surface area contributed by atoms with Gasteiger partial charge in [0.2, 0.25) is 5.91 Å². The molecule has 0 aromatic heterocycles. The Morgan fingerprint density at radius 3 is 2.33 bits per heavy atom. The zero-order valence-corrected chi connectivity index (χ0v) is 16.3. The van der Waals surface area contributed by atoms with Gasteiger partial charge in [-0.3, -0.25) is 19.3 Å². The van der Waals surface area contributed by atoms with E-state index in [0.29, 0.717) is 44.1 Å². The van der Waals surface area contributed by atoms with Gasteiger partial charge in [-0.15, -0.1) is 0 Å². The molecule has 0 radical (unpaired) electrons. The molecule has 0 N–H and O–H groups in total. The van der Waals surface area contributed by atoms with Crippen molar-refractivity contribution in [1.82, 2.24) is 4.90 Å². The zero-order chi connectivity index (χ0) is 19.6. The molecule has 2 aliphatic rings. The van der Waals surface area contributed by atoms with Gasteiger partial charge < -0.3 is 4.74 Å². The first-order valence-electron chi connectivity index (χ1n) is 9.79. The van der Waals surface area contributed by atoms with Crippen molar-refractivity contribution in [2.45, 2.75) is 52.0 Å². The Labute approximate surface area is 160 Å². The van der Waals surface area contributed by atoms with Gasteiger partial charge in [0.25, 0.3) is 5.91 Å². The summed E-state index contributed by atoms with van der Waals surface area (Å²) in [5.74, 6) is -0.176. The standard InChI is InChI=1S/C21H28N2O4/c1-4-27-21(26)16-9-11-22(12-10-16)18-13-19(24)23(20(18)25)17-7-5-15(6-8-17)14(2)3/h5-8,14,16,18H,4,9-13H2,1-3H3. The van der Waals surface area contributed by atoms with Gasteiger partial charge in [0.15, 0.2) is 0 Å². The van der Waals surface area contributed by atoms with Crippen LogP contribution in [0.4, 0.5) is 5.69 Å². The van der Waals surface area contributed by atoms with Crippen LogP contribution in [0.5, 0.6) is 0 Å². The number of likely N-dealkylation sites (tertiary alicyclic amines) is 1. The molecule has 1 aromatic carbocycles. The lowest BCUT2D eigenvalue weighted by atomic mass is 9.95. The third-order valence-corrected chi connectivity index (χ3v) is 5.53. The molecule has 2 aliphatic heterocycles. The summed E-state index contributed by atoms with van der Waals surface area (Å²) in [5.41, 5.74) is 1.81. The van der Waals surface area contributed by atoms with Gasteiger partial charge >= 0.3 is 5.97 Å². The summed E-state index contributed by atoms with van der Waals surface area (Å²) < 4.78 is 5.09. The summed E-state index contributed by atoms with van der Waals surface area (Å²) in [6, 6.07) is 7.21. The zero-order valence-electron chi connectivity index (χ0n) is 16.3. The number of amides is 2. The van der Waals surface area contributed by atoms with E-state index in [4.69, 9.17) is 4.74 Å². The summed E-state index contributed by atoms with van der Waals surface area (Å²) in [6.45, 7) is 7.67. The van der Waals surface area contributed by atoms with E-state index in [1.807, 2.05) is 29.2 Å². The minimum atomic E-state index is -0.426. The van der Waals surface area contributed by atoms with E-state index in [2.05, 4.69) is 13.8 Å². The molecule has 0 saturated carbocycles. The number of rotatable bonds is 5. The maximum atomic E-state index is 12.9. The van der Waals surface area contributed by atoms with Crippen molar-refractivity contribution >= 4 is 23.5 Å². The predicted molar refractivity (Wildman–Crippen MR) is 102 cm³/mol. The van der Waals surface area contributed by atoms with Crippen LogP contribution < -0.4 is 4.90 Å². The monoisotopic (exact) mass is 372 g/mol. The van der Waals surface area contributed by atoms with E-state index in [-0.39, 0.29) is 30.1 Å². The van der Waals surface area contributed by atoms with Crippen molar-refractivity contribution in [1.29, 1.82) is 0 Å². The Morgan fingerprint density at radius 1 is 1.15 bits per heavy atom. The third-order valence-electron chi connectivity index (χ3n) is 5.53. The number of hydrogen-bond donors (Lipinski definition) is 0. The molecule has 0 aliphatic carbocycles. The fourth-order valence-electron chi connectivity index (χ4n) is 3.89. The van der Waals surface area contributed by atoms with Crippen molar-refractivity contribution < 1.29 is 19.1 Å². The average molecular weight is 372 g/mol. The van der Waals surface area contributed by atoms with E-state index in [1.54, 1.807) is 6.92 Å². The average Bonchev–Trinajstić information content (AvgIpc) is 2.96. The molecule has 0 spiro atoms. The van der Waals surface area contributed by atoms with Crippen LogP contribution in [-0.4, -0.2) is 48.4 Å². The van der Waals surface area contributed by atoms with E-state index >= 15 is 0 Å². The van der Waals surface area contributed by atoms with Gasteiger partial charge in [0, 0.05) is 0 Å². The molecular formula is C21H28N2O4. The molecule has 146 valence electrons. The van der Waals surface area contributed by atoms with E-state index in [9.17, 15) is 14.4 Å². The van der Waals surface area contributed by atoms with Crippen molar-refractivity contribution in [2.75, 3.05) is 24.6 Å². The Bertz CT molecular complexity index is 705. The number of nitrogens with zero attached hydrogens (tertiary/aromatic N) is 2. The summed E-state index contributed by atoms with van der Waals surface area (Å²) in [4.78, 5) is 40.7. The molecule has 27 heavy (non-hydrogen) atoms. The number of carbonyl (C=O) groups excluding carboxylic acids is 3.